The SMILES string of the molecule is CCNC(=O)[C@H]1O[C@@H](n2cnc3c(NC)nc(C(=O)NCCNC(=O)NCCN(C(C)C)C4CCCC4)nc32)[C@H](O)[C@@H]1O.CNc1nc(CN)nc2c1ncn2[C@@H]1O[C@H](COC)[C@@H](O)[C@H]1O.CNc1nc(CNC(=O)Cc2ccccc2)nc2c1ncn2[C@@H]1O[C@H](COC)[C@@H](O)[C@H]1O. The summed E-state index contributed by atoms with van der Waals surface area (Å²) in [4.78, 5) is 91.3. The van der Waals surface area contributed by atoms with Gasteiger partial charge in [-0.1, -0.05) is 43.2 Å². The van der Waals surface area contributed by atoms with Gasteiger partial charge in [0.05, 0.1) is 51.7 Å². The molecule has 5 amide bonds. The maximum Gasteiger partial charge on any atom is 0.314 e. The Morgan fingerprint density at radius 3 is 1.62 bits per heavy atom. The Hall–Kier alpha value is -8.57. The molecule has 3 aliphatic heterocycles. The van der Waals surface area contributed by atoms with Crippen molar-refractivity contribution in [3.8, 4) is 0 Å². The van der Waals surface area contributed by atoms with E-state index in [0.29, 0.717) is 76.3 Å². The third-order valence-electron chi connectivity index (χ3n) is 16.9. The third-order valence-corrected chi connectivity index (χ3v) is 16.9. The minimum absolute atomic E-state index is 0.116. The Morgan fingerprint density at radius 2 is 1.10 bits per heavy atom. The molecule has 37 heteroatoms. The number of likely N-dealkylation sites (N-methyl/N-ethyl adjacent to an activating group) is 1. The van der Waals surface area contributed by atoms with Gasteiger partial charge in [0.2, 0.25) is 11.7 Å². The zero-order chi connectivity index (χ0) is 70.3. The molecule has 11 rings (SSSR count). The van der Waals surface area contributed by atoms with Gasteiger partial charge in [-0.15, -0.1) is 0 Å². The first kappa shape index (κ1) is 73.7. The summed E-state index contributed by atoms with van der Waals surface area (Å²) in [5.41, 5.74) is 8.88. The van der Waals surface area contributed by atoms with Crippen molar-refractivity contribution in [3.05, 3.63) is 72.4 Å². The standard InChI is InChI=1S/C27H44N10O6.C21H26N6O5.C13H20N6O4/c1-5-29-24(40)20-18(38)19(39)26(43-20)37-14-33-17-21(28-4)34-22(35-23(17)37)25(41)30-10-11-31-27(42)32-12-13-36(15(2)3)16-8-6-7-9-16;1-22-19-16-20(27(11-24-16)21-18(30)17(29)13(32-21)10-31-2)26-14(25-19)9-23-15(28)8-12-6-4-3-5-7-12;1-15-11-8-12(18-7(3-14)17-11)19(5-16-8)13-10(21)9(20)6(23-13)4-22-2/h14-16,18-20,26,38-39H,5-13H2,1-4H3,(H,29,40)(H,30,41)(H,28,34,35)(H2,31,32,42);3-7,11,13,17-18,21,29-30H,8-10H2,1-2H3,(H,23,28)(H,22,25,26);5-6,9-10,13,20-21H,3-4,14H2,1-2H3,(H,15,17,18)/t18-,19+,20-,26+;13-,17-,18-,21-;6-,9-,10-,13-/m011/s1. The molecule has 7 aromatic rings. The van der Waals surface area contributed by atoms with Crippen LogP contribution in [0.25, 0.3) is 33.5 Å². The van der Waals surface area contributed by atoms with Crippen LogP contribution in [0.2, 0.25) is 0 Å². The number of methoxy groups -OCH3 is 2. The number of hydrogen-bond donors (Lipinski definition) is 15. The second-order valence-corrected chi connectivity index (χ2v) is 23.8. The van der Waals surface area contributed by atoms with E-state index >= 15 is 0 Å². The number of carbonyl (C=O) groups is 4. The summed E-state index contributed by atoms with van der Waals surface area (Å²) < 4.78 is 31.7. The van der Waals surface area contributed by atoms with E-state index < -0.39 is 85.4 Å². The second kappa shape index (κ2) is 34.3. The van der Waals surface area contributed by atoms with Gasteiger partial charge in [-0.2, -0.15) is 0 Å². The van der Waals surface area contributed by atoms with E-state index in [2.05, 4.69) is 106 Å². The molecular formula is C61H90N22O15. The molecule has 6 aromatic heterocycles. The predicted molar refractivity (Wildman–Crippen MR) is 353 cm³/mol. The minimum Gasteiger partial charge on any atom is -0.387 e. The molecule has 0 spiro atoms. The fraction of sp³-hybridized carbons (Fsp3) is 0.590. The lowest BCUT2D eigenvalue weighted by molar-refractivity contribution is -0.137. The smallest absolute Gasteiger partial charge is 0.314 e. The Bertz CT molecular complexity index is 3780. The van der Waals surface area contributed by atoms with Crippen molar-refractivity contribution >= 4 is 74.7 Å². The maximum absolute atomic E-state index is 12.9. The summed E-state index contributed by atoms with van der Waals surface area (Å²) in [6.07, 6.45) is -3.43. The Balaban J connectivity index is 0.000000180. The van der Waals surface area contributed by atoms with Crippen LogP contribution in [0.15, 0.2) is 49.3 Å². The van der Waals surface area contributed by atoms with E-state index in [1.54, 1.807) is 37.2 Å². The first-order valence-electron chi connectivity index (χ1n) is 32.4. The highest BCUT2D eigenvalue weighted by Gasteiger charge is 2.49. The molecule has 4 aliphatic rings. The monoisotopic (exact) mass is 1370 g/mol. The van der Waals surface area contributed by atoms with E-state index in [-0.39, 0.29) is 75.0 Å². The van der Waals surface area contributed by atoms with Crippen LogP contribution >= 0.6 is 0 Å². The van der Waals surface area contributed by atoms with Crippen molar-refractivity contribution in [2.24, 2.45) is 5.73 Å². The lowest BCUT2D eigenvalue weighted by atomic mass is 10.1. The second-order valence-electron chi connectivity index (χ2n) is 23.8. The van der Waals surface area contributed by atoms with Crippen LogP contribution in [0.3, 0.4) is 0 Å². The number of benzene rings is 1. The molecule has 1 saturated carbocycles. The summed E-state index contributed by atoms with van der Waals surface area (Å²) in [6, 6.07) is 10.1. The van der Waals surface area contributed by atoms with E-state index in [1.165, 1.54) is 63.5 Å². The fourth-order valence-corrected chi connectivity index (χ4v) is 12.0. The number of nitrogens with one attached hydrogen (secondary N) is 8. The van der Waals surface area contributed by atoms with Crippen molar-refractivity contribution in [3.63, 3.8) is 0 Å². The van der Waals surface area contributed by atoms with E-state index in [1.807, 2.05) is 30.3 Å². The number of nitrogens with zero attached hydrogens (tertiary/aromatic N) is 13. The summed E-state index contributed by atoms with van der Waals surface area (Å²) in [7, 11) is 8.03. The number of amides is 5. The van der Waals surface area contributed by atoms with Crippen LogP contribution < -0.4 is 48.3 Å². The highest BCUT2D eigenvalue weighted by atomic mass is 16.6. The third kappa shape index (κ3) is 16.9. The van der Waals surface area contributed by atoms with Crippen molar-refractivity contribution in [1.82, 2.24) is 90.0 Å². The minimum atomic E-state index is -1.48. The van der Waals surface area contributed by atoms with Gasteiger partial charge in [-0.3, -0.25) is 33.0 Å². The van der Waals surface area contributed by atoms with Gasteiger partial charge in [0.15, 0.2) is 81.6 Å². The van der Waals surface area contributed by atoms with Gasteiger partial charge < -0.3 is 103 Å². The predicted octanol–water partition coefficient (Wildman–Crippen LogP) is -2.11. The molecule has 1 aromatic carbocycles. The molecule has 1 aliphatic carbocycles. The van der Waals surface area contributed by atoms with Crippen molar-refractivity contribution < 1.29 is 73.5 Å². The Morgan fingerprint density at radius 1 is 0.612 bits per heavy atom. The van der Waals surface area contributed by atoms with Gasteiger partial charge in [0, 0.05) is 80.2 Å². The number of ether oxygens (including phenoxy) is 5. The number of anilines is 3. The quantitative estimate of drug-likeness (QED) is 0.0258. The summed E-state index contributed by atoms with van der Waals surface area (Å²) in [6.45, 7) is 8.63. The number of aromatic nitrogens is 12. The number of imidazole rings is 3. The van der Waals surface area contributed by atoms with E-state index in [9.17, 15) is 49.8 Å². The van der Waals surface area contributed by atoms with Crippen molar-refractivity contribution in [1.29, 1.82) is 0 Å². The molecule has 534 valence electrons. The molecule has 9 heterocycles. The van der Waals surface area contributed by atoms with Crippen LogP contribution in [0.5, 0.6) is 0 Å². The number of nitrogens with two attached hydrogens (primary N) is 1. The number of aliphatic hydroxyl groups excluding tert-OH is 6. The van der Waals surface area contributed by atoms with Crippen LogP contribution in [0.4, 0.5) is 22.2 Å². The molecular weight excluding hydrogens is 1280 g/mol. The number of urea groups is 1. The summed E-state index contributed by atoms with van der Waals surface area (Å²) >= 11 is 0. The number of hydrogen-bond acceptors (Lipinski definition) is 29. The van der Waals surface area contributed by atoms with Gasteiger partial charge >= 0.3 is 6.03 Å². The highest BCUT2D eigenvalue weighted by molar-refractivity contribution is 5.94. The van der Waals surface area contributed by atoms with Gasteiger partial charge in [-0.05, 0) is 39.2 Å². The molecule has 37 nitrogen and oxygen atoms in total. The van der Waals surface area contributed by atoms with Crippen molar-refractivity contribution in [2.75, 3.05) is 97.3 Å². The van der Waals surface area contributed by atoms with Crippen LogP contribution in [0.1, 0.15) is 93.0 Å². The zero-order valence-electron chi connectivity index (χ0n) is 55.8. The van der Waals surface area contributed by atoms with Crippen LogP contribution in [0, 0.1) is 0 Å². The molecule has 98 heavy (non-hydrogen) atoms. The molecule has 0 radical (unpaired) electrons. The molecule has 4 fully saturated rings. The molecule has 0 unspecified atom stereocenters. The first-order chi connectivity index (χ1) is 47.3. The zero-order valence-corrected chi connectivity index (χ0v) is 55.8. The molecule has 3 saturated heterocycles. The normalized spacial score (nSPS) is 23.8. The number of rotatable bonds is 26. The number of aliphatic hydroxyl groups is 6. The van der Waals surface area contributed by atoms with Gasteiger partial charge in [-0.25, -0.2) is 49.7 Å². The Kier molecular flexibility index (Phi) is 25.8. The Labute approximate surface area is 563 Å². The molecule has 0 bridgehead atoms. The largest absolute Gasteiger partial charge is 0.387 e. The van der Waals surface area contributed by atoms with Crippen LogP contribution in [-0.2, 0) is 52.8 Å². The van der Waals surface area contributed by atoms with Gasteiger partial charge in [0.25, 0.3) is 11.8 Å². The van der Waals surface area contributed by atoms with Gasteiger partial charge in [0.1, 0.15) is 54.7 Å². The molecule has 12 atom stereocenters. The van der Waals surface area contributed by atoms with Crippen LogP contribution in [-0.4, -0.2) is 266 Å². The lowest BCUT2D eigenvalue weighted by Crippen LogP contribution is -2.46. The van der Waals surface area contributed by atoms with Crippen molar-refractivity contribution in [2.45, 2.75) is 152 Å². The first-order valence-corrected chi connectivity index (χ1v) is 32.4. The highest BCUT2D eigenvalue weighted by Crippen LogP contribution is 2.36. The number of carbonyl (C=O) groups excluding carboxylic acids is 4. The summed E-state index contributed by atoms with van der Waals surface area (Å²) in [5, 5.41) is 84.7. The van der Waals surface area contributed by atoms with E-state index in [0.717, 1.165) is 12.1 Å². The van der Waals surface area contributed by atoms with E-state index in [4.69, 9.17) is 29.4 Å². The average molecular weight is 1370 g/mol. The topological polar surface area (TPSA) is 492 Å². The molecule has 16 N–H and O–H groups in total. The number of fused-ring (bicyclic) bond motifs is 3. The maximum atomic E-state index is 12.9. The summed E-state index contributed by atoms with van der Waals surface area (Å²) in [5.74, 6) is 0.583. The average Bonchev–Trinajstić information content (AvgIpc) is 1.61. The fourth-order valence-electron chi connectivity index (χ4n) is 12.0. The lowest BCUT2D eigenvalue weighted by Gasteiger charge is -2.32.